The third-order valence-electron chi connectivity index (χ3n) is 2.56. The minimum absolute atomic E-state index is 0.106. The Morgan fingerprint density at radius 2 is 1.61 bits per heavy atom. The van der Waals surface area contributed by atoms with Gasteiger partial charge in [-0.25, -0.2) is 8.42 Å². The largest absolute Gasteiger partial charge is 0.508 e. The third-order valence-corrected chi connectivity index (χ3v) is 4.52. The molecule has 0 atom stereocenters. The number of sulfone groups is 1. The Labute approximate surface area is 105 Å². The number of aryl methyl sites for hydroxylation is 1. The van der Waals surface area contributed by atoms with E-state index >= 15 is 0 Å². The molecule has 18 heavy (non-hydrogen) atoms. The van der Waals surface area contributed by atoms with E-state index in [1.807, 2.05) is 0 Å². The predicted octanol–water partition coefficient (Wildman–Crippen LogP) is 2.24. The summed E-state index contributed by atoms with van der Waals surface area (Å²) >= 11 is 0. The first-order chi connectivity index (χ1) is 8.43. The summed E-state index contributed by atoms with van der Waals surface area (Å²) in [5.74, 6) is -0.617. The van der Waals surface area contributed by atoms with E-state index in [4.69, 9.17) is 0 Å². The van der Waals surface area contributed by atoms with Gasteiger partial charge in [0.15, 0.2) is 0 Å². The van der Waals surface area contributed by atoms with Crippen LogP contribution < -0.4 is 0 Å². The summed E-state index contributed by atoms with van der Waals surface area (Å²) in [7, 11) is -3.78. The molecule has 0 amide bonds. The van der Waals surface area contributed by atoms with Crippen LogP contribution in [0.1, 0.15) is 5.56 Å². The number of hydrogen-bond acceptors (Lipinski definition) is 4. The van der Waals surface area contributed by atoms with Gasteiger partial charge in [-0.2, -0.15) is 0 Å². The van der Waals surface area contributed by atoms with Crippen molar-refractivity contribution in [1.29, 1.82) is 0 Å². The van der Waals surface area contributed by atoms with Gasteiger partial charge in [0.1, 0.15) is 16.4 Å². The summed E-state index contributed by atoms with van der Waals surface area (Å²) in [4.78, 5) is -0.0689. The van der Waals surface area contributed by atoms with Crippen LogP contribution in [0.3, 0.4) is 0 Å². The maximum atomic E-state index is 12.3. The summed E-state index contributed by atoms with van der Waals surface area (Å²) in [5.41, 5.74) is 0.302. The molecule has 2 aromatic rings. The van der Waals surface area contributed by atoms with E-state index in [0.717, 1.165) is 6.07 Å². The highest BCUT2D eigenvalue weighted by molar-refractivity contribution is 7.91. The molecule has 0 aliphatic heterocycles. The molecule has 0 spiro atoms. The minimum atomic E-state index is -3.78. The Morgan fingerprint density at radius 3 is 2.17 bits per heavy atom. The Kier molecular flexibility index (Phi) is 3.00. The van der Waals surface area contributed by atoms with Gasteiger partial charge in [0.2, 0.25) is 9.84 Å². The summed E-state index contributed by atoms with van der Waals surface area (Å²) < 4.78 is 24.7. The molecule has 94 valence electrons. The van der Waals surface area contributed by atoms with E-state index in [9.17, 15) is 18.6 Å². The number of benzene rings is 2. The standard InChI is InChI=1S/C13H12O4S/c1-9-7-10(14)8-12(15)13(9)18(16,17)11-5-3-2-4-6-11/h2-8,14-15H,1H3. The second-order valence-corrected chi connectivity index (χ2v) is 5.81. The normalized spacial score (nSPS) is 11.4. The van der Waals surface area contributed by atoms with Gasteiger partial charge in [0.25, 0.3) is 0 Å². The lowest BCUT2D eigenvalue weighted by molar-refractivity contribution is 0.438. The highest BCUT2D eigenvalue weighted by Crippen LogP contribution is 2.34. The van der Waals surface area contributed by atoms with Crippen molar-refractivity contribution in [2.75, 3.05) is 0 Å². The Bertz CT molecular complexity index is 652. The van der Waals surface area contributed by atoms with E-state index in [-0.39, 0.29) is 15.5 Å². The molecule has 0 aliphatic rings. The van der Waals surface area contributed by atoms with Crippen LogP contribution in [-0.4, -0.2) is 18.6 Å². The molecule has 2 N–H and O–H groups in total. The van der Waals surface area contributed by atoms with Crippen molar-refractivity contribution in [3.63, 3.8) is 0 Å². The van der Waals surface area contributed by atoms with Gasteiger partial charge < -0.3 is 10.2 Å². The zero-order valence-electron chi connectivity index (χ0n) is 9.66. The molecule has 0 saturated heterocycles. The second-order valence-electron chi connectivity index (χ2n) is 3.93. The number of phenolic OH excluding ortho intramolecular Hbond substituents is 2. The average Bonchev–Trinajstić information content (AvgIpc) is 2.28. The van der Waals surface area contributed by atoms with Crippen molar-refractivity contribution in [3.05, 3.63) is 48.0 Å². The van der Waals surface area contributed by atoms with Gasteiger partial charge in [0, 0.05) is 6.07 Å². The fourth-order valence-electron chi connectivity index (χ4n) is 1.80. The predicted molar refractivity (Wildman–Crippen MR) is 66.4 cm³/mol. The first-order valence-electron chi connectivity index (χ1n) is 5.25. The van der Waals surface area contributed by atoms with Crippen LogP contribution in [0.4, 0.5) is 0 Å². The Morgan fingerprint density at radius 1 is 1.00 bits per heavy atom. The van der Waals surface area contributed by atoms with Crippen molar-refractivity contribution in [2.45, 2.75) is 16.7 Å². The highest BCUT2D eigenvalue weighted by Gasteiger charge is 2.24. The van der Waals surface area contributed by atoms with Crippen LogP contribution in [0, 0.1) is 6.92 Å². The van der Waals surface area contributed by atoms with Crippen molar-refractivity contribution in [2.24, 2.45) is 0 Å². The molecule has 0 unspecified atom stereocenters. The van der Waals surface area contributed by atoms with Gasteiger partial charge in [-0.05, 0) is 30.7 Å². The number of phenols is 2. The molecular formula is C13H12O4S. The van der Waals surface area contributed by atoms with Crippen molar-refractivity contribution < 1.29 is 18.6 Å². The maximum Gasteiger partial charge on any atom is 0.210 e. The van der Waals surface area contributed by atoms with Crippen molar-refractivity contribution in [1.82, 2.24) is 0 Å². The molecule has 0 aliphatic carbocycles. The number of rotatable bonds is 2. The van der Waals surface area contributed by atoms with Gasteiger partial charge >= 0.3 is 0 Å². The minimum Gasteiger partial charge on any atom is -0.508 e. The SMILES string of the molecule is Cc1cc(O)cc(O)c1S(=O)(=O)c1ccccc1. The van der Waals surface area contributed by atoms with Gasteiger partial charge in [0.05, 0.1) is 4.90 Å². The summed E-state index contributed by atoms with van der Waals surface area (Å²) in [5, 5.41) is 19.0. The van der Waals surface area contributed by atoms with E-state index < -0.39 is 15.6 Å². The highest BCUT2D eigenvalue weighted by atomic mass is 32.2. The van der Waals surface area contributed by atoms with Crippen LogP contribution in [-0.2, 0) is 9.84 Å². The Hall–Kier alpha value is -2.01. The van der Waals surface area contributed by atoms with Crippen LogP contribution in [0.5, 0.6) is 11.5 Å². The first-order valence-corrected chi connectivity index (χ1v) is 6.74. The fourth-order valence-corrected chi connectivity index (χ4v) is 3.37. The monoisotopic (exact) mass is 264 g/mol. The average molecular weight is 264 g/mol. The van der Waals surface area contributed by atoms with Crippen LogP contribution in [0.2, 0.25) is 0 Å². The third kappa shape index (κ3) is 2.04. The van der Waals surface area contributed by atoms with Crippen LogP contribution in [0.15, 0.2) is 52.3 Å². The lowest BCUT2D eigenvalue weighted by Gasteiger charge is -2.10. The van der Waals surface area contributed by atoms with E-state index in [0.29, 0.717) is 5.56 Å². The second kappa shape index (κ2) is 4.34. The summed E-state index contributed by atoms with van der Waals surface area (Å²) in [6.07, 6.45) is 0. The first kappa shape index (κ1) is 12.4. The zero-order chi connectivity index (χ0) is 13.3. The molecule has 0 radical (unpaired) electrons. The quantitative estimate of drug-likeness (QED) is 0.872. The van der Waals surface area contributed by atoms with E-state index in [1.54, 1.807) is 18.2 Å². The van der Waals surface area contributed by atoms with Gasteiger partial charge in [-0.1, -0.05) is 18.2 Å². The lowest BCUT2D eigenvalue weighted by Crippen LogP contribution is -2.04. The maximum absolute atomic E-state index is 12.3. The van der Waals surface area contributed by atoms with Crippen molar-refractivity contribution in [3.8, 4) is 11.5 Å². The van der Waals surface area contributed by atoms with E-state index in [1.165, 1.54) is 25.1 Å². The molecule has 4 nitrogen and oxygen atoms in total. The number of hydrogen-bond donors (Lipinski definition) is 2. The molecular weight excluding hydrogens is 252 g/mol. The molecule has 2 aromatic carbocycles. The molecule has 5 heteroatoms. The molecule has 0 bridgehead atoms. The molecule has 0 fully saturated rings. The van der Waals surface area contributed by atoms with Gasteiger partial charge in [-0.3, -0.25) is 0 Å². The summed E-state index contributed by atoms with van der Waals surface area (Å²) in [6.45, 7) is 1.52. The molecule has 0 aromatic heterocycles. The van der Waals surface area contributed by atoms with Gasteiger partial charge in [-0.15, -0.1) is 0 Å². The smallest absolute Gasteiger partial charge is 0.210 e. The number of aromatic hydroxyl groups is 2. The van der Waals surface area contributed by atoms with Crippen LogP contribution in [0.25, 0.3) is 0 Å². The van der Waals surface area contributed by atoms with E-state index in [2.05, 4.69) is 0 Å². The van der Waals surface area contributed by atoms with Crippen LogP contribution >= 0.6 is 0 Å². The topological polar surface area (TPSA) is 74.6 Å². The zero-order valence-corrected chi connectivity index (χ0v) is 10.5. The Balaban J connectivity index is 2.70. The van der Waals surface area contributed by atoms with Crippen molar-refractivity contribution >= 4 is 9.84 Å². The summed E-state index contributed by atoms with van der Waals surface area (Å²) in [6, 6.07) is 10.2. The fraction of sp³-hybridized carbons (Fsp3) is 0.0769. The molecule has 2 rings (SSSR count). The molecule has 0 heterocycles. The lowest BCUT2D eigenvalue weighted by atomic mass is 10.2. The molecule has 0 saturated carbocycles.